The Balaban J connectivity index is 1.34. The number of hydrogen-bond acceptors (Lipinski definition) is 4. The Morgan fingerprint density at radius 3 is 2.36 bits per heavy atom. The van der Waals surface area contributed by atoms with Crippen LogP contribution in [0.1, 0.15) is 49.8 Å². The molecule has 4 rings (SSSR count). The number of hydrogen-bond donors (Lipinski definition) is 0. The number of rotatable bonds is 3. The second-order valence-corrected chi connectivity index (χ2v) is 8.16. The summed E-state index contributed by atoms with van der Waals surface area (Å²) in [7, 11) is 2.33. The van der Waals surface area contributed by atoms with Crippen LogP contribution in [0.25, 0.3) is 0 Å². The number of piperazine rings is 1. The van der Waals surface area contributed by atoms with E-state index in [0.717, 1.165) is 36.8 Å². The van der Waals surface area contributed by atoms with Gasteiger partial charge in [0.15, 0.2) is 0 Å². The van der Waals surface area contributed by atoms with Crippen molar-refractivity contribution in [3.63, 3.8) is 0 Å². The molecule has 0 amide bonds. The van der Waals surface area contributed by atoms with E-state index >= 15 is 0 Å². The van der Waals surface area contributed by atoms with Gasteiger partial charge in [0, 0.05) is 50.3 Å². The smallest absolute Gasteiger partial charge is 0.0991 e. The van der Waals surface area contributed by atoms with E-state index in [-0.39, 0.29) is 0 Å². The van der Waals surface area contributed by atoms with Crippen LogP contribution in [0.15, 0.2) is 24.3 Å². The first-order valence-electron chi connectivity index (χ1n) is 9.86. The van der Waals surface area contributed by atoms with Gasteiger partial charge in [-0.2, -0.15) is 5.26 Å². The maximum Gasteiger partial charge on any atom is 0.0991 e. The van der Waals surface area contributed by atoms with Gasteiger partial charge in [-0.3, -0.25) is 9.80 Å². The molecule has 1 aromatic carbocycles. The molecule has 1 aromatic rings. The van der Waals surface area contributed by atoms with Crippen molar-refractivity contribution in [1.29, 1.82) is 5.26 Å². The summed E-state index contributed by atoms with van der Waals surface area (Å²) in [6.07, 6.45) is 5.55. The number of benzene rings is 1. The topological polar surface area (TPSA) is 33.5 Å². The highest BCUT2D eigenvalue weighted by Gasteiger charge is 2.40. The van der Waals surface area contributed by atoms with Gasteiger partial charge in [0.05, 0.1) is 11.6 Å². The minimum atomic E-state index is 0.393. The molecule has 2 bridgehead atoms. The zero-order valence-corrected chi connectivity index (χ0v) is 15.6. The molecule has 25 heavy (non-hydrogen) atoms. The highest BCUT2D eigenvalue weighted by Crippen LogP contribution is 2.36. The lowest BCUT2D eigenvalue weighted by atomic mass is 9.95. The summed E-state index contributed by atoms with van der Waals surface area (Å²) < 4.78 is 0. The van der Waals surface area contributed by atoms with Gasteiger partial charge in [-0.1, -0.05) is 12.1 Å². The molecule has 0 spiro atoms. The third-order valence-corrected chi connectivity index (χ3v) is 6.98. The average molecular weight is 338 g/mol. The quantitative estimate of drug-likeness (QED) is 0.849. The molecule has 134 valence electrons. The predicted molar refractivity (Wildman–Crippen MR) is 100 cm³/mol. The van der Waals surface area contributed by atoms with Crippen LogP contribution >= 0.6 is 0 Å². The van der Waals surface area contributed by atoms with E-state index < -0.39 is 0 Å². The Morgan fingerprint density at radius 1 is 1.04 bits per heavy atom. The number of fused-ring (bicyclic) bond motifs is 2. The molecule has 0 N–H and O–H groups in total. The van der Waals surface area contributed by atoms with Crippen molar-refractivity contribution in [3.8, 4) is 6.07 Å². The molecule has 3 aliphatic rings. The number of nitrogens with zero attached hydrogens (tertiary/aromatic N) is 4. The molecule has 0 saturated carbocycles. The van der Waals surface area contributed by atoms with Crippen molar-refractivity contribution in [2.45, 2.75) is 56.8 Å². The molecule has 0 aliphatic carbocycles. The van der Waals surface area contributed by atoms with E-state index in [4.69, 9.17) is 5.26 Å². The normalized spacial score (nSPS) is 32.4. The second kappa shape index (κ2) is 7.07. The minimum Gasteiger partial charge on any atom is -0.300 e. The van der Waals surface area contributed by atoms with Gasteiger partial charge < -0.3 is 4.90 Å². The van der Waals surface area contributed by atoms with Crippen LogP contribution < -0.4 is 0 Å². The van der Waals surface area contributed by atoms with Gasteiger partial charge in [0.25, 0.3) is 0 Å². The zero-order valence-electron chi connectivity index (χ0n) is 15.6. The van der Waals surface area contributed by atoms with Gasteiger partial charge in [-0.05, 0) is 57.4 Å². The van der Waals surface area contributed by atoms with E-state index in [1.54, 1.807) is 0 Å². The van der Waals surface area contributed by atoms with E-state index in [0.29, 0.717) is 6.04 Å². The van der Waals surface area contributed by atoms with Crippen LogP contribution in [-0.2, 0) is 0 Å². The fraction of sp³-hybridized carbons (Fsp3) is 0.667. The summed E-state index contributed by atoms with van der Waals surface area (Å²) in [6.45, 7) is 6.94. The van der Waals surface area contributed by atoms with Gasteiger partial charge in [0.2, 0.25) is 0 Å². The van der Waals surface area contributed by atoms with E-state index in [9.17, 15) is 0 Å². The van der Waals surface area contributed by atoms with Crippen LogP contribution in [0.5, 0.6) is 0 Å². The second-order valence-electron chi connectivity index (χ2n) is 8.16. The number of piperidine rings is 1. The Hall–Kier alpha value is -1.41. The van der Waals surface area contributed by atoms with Crippen molar-refractivity contribution < 1.29 is 0 Å². The van der Waals surface area contributed by atoms with Crippen molar-refractivity contribution in [2.24, 2.45) is 0 Å². The molecule has 4 heteroatoms. The lowest BCUT2D eigenvalue weighted by molar-refractivity contribution is 0.0295. The molecule has 0 aromatic heterocycles. The maximum atomic E-state index is 9.13. The molecule has 4 nitrogen and oxygen atoms in total. The van der Waals surface area contributed by atoms with Gasteiger partial charge >= 0.3 is 0 Å². The lowest BCUT2D eigenvalue weighted by Crippen LogP contribution is -2.55. The predicted octanol–water partition coefficient (Wildman–Crippen LogP) is 2.86. The third kappa shape index (κ3) is 3.33. The van der Waals surface area contributed by atoms with E-state index in [1.165, 1.54) is 44.3 Å². The van der Waals surface area contributed by atoms with Crippen LogP contribution in [0.2, 0.25) is 0 Å². The molecule has 3 saturated heterocycles. The van der Waals surface area contributed by atoms with Crippen molar-refractivity contribution in [2.75, 3.05) is 33.2 Å². The van der Waals surface area contributed by atoms with Crippen molar-refractivity contribution in [3.05, 3.63) is 35.4 Å². The van der Waals surface area contributed by atoms with Crippen LogP contribution in [0.4, 0.5) is 0 Å². The van der Waals surface area contributed by atoms with Crippen LogP contribution in [0.3, 0.4) is 0 Å². The lowest BCUT2D eigenvalue weighted by Gasteiger charge is -2.46. The maximum absolute atomic E-state index is 9.13. The molecule has 4 atom stereocenters. The zero-order chi connectivity index (χ0) is 17.4. The summed E-state index contributed by atoms with van der Waals surface area (Å²) in [4.78, 5) is 7.97. The monoisotopic (exact) mass is 338 g/mol. The molecule has 3 fully saturated rings. The molecule has 3 heterocycles. The van der Waals surface area contributed by atoms with Crippen molar-refractivity contribution >= 4 is 0 Å². The molecular weight excluding hydrogens is 308 g/mol. The first kappa shape index (κ1) is 17.0. The Kier molecular flexibility index (Phi) is 4.82. The van der Waals surface area contributed by atoms with Crippen LogP contribution in [0, 0.1) is 11.3 Å². The Bertz CT molecular complexity index is 630. The van der Waals surface area contributed by atoms with Gasteiger partial charge in [-0.15, -0.1) is 0 Å². The first-order valence-corrected chi connectivity index (χ1v) is 9.86. The fourth-order valence-electron chi connectivity index (χ4n) is 5.25. The van der Waals surface area contributed by atoms with Crippen LogP contribution in [-0.4, -0.2) is 66.1 Å². The molecule has 1 unspecified atom stereocenters. The Labute approximate surface area is 152 Å². The highest BCUT2D eigenvalue weighted by atomic mass is 15.3. The average Bonchev–Trinajstić information content (AvgIpc) is 2.87. The summed E-state index contributed by atoms with van der Waals surface area (Å²) in [5.74, 6) is 0. The molecule has 3 aliphatic heterocycles. The Morgan fingerprint density at radius 2 is 1.72 bits per heavy atom. The largest absolute Gasteiger partial charge is 0.300 e. The fourth-order valence-corrected chi connectivity index (χ4v) is 5.25. The van der Waals surface area contributed by atoms with E-state index in [1.807, 2.05) is 18.2 Å². The summed E-state index contributed by atoms with van der Waals surface area (Å²) in [5.41, 5.74) is 2.04. The highest BCUT2D eigenvalue weighted by molar-refractivity contribution is 5.34. The van der Waals surface area contributed by atoms with Crippen molar-refractivity contribution in [1.82, 2.24) is 14.7 Å². The SMILES string of the molecule is C[C@@H](c1cccc(C#N)c1)N1CCN(C2C[C@H]3CC[C@@H](C2)N3C)CC1. The van der Waals surface area contributed by atoms with Gasteiger partial charge in [-0.25, -0.2) is 0 Å². The third-order valence-electron chi connectivity index (χ3n) is 6.98. The minimum absolute atomic E-state index is 0.393. The summed E-state index contributed by atoms with van der Waals surface area (Å²) in [6, 6.07) is 13.2. The molecular formula is C21H30N4. The summed E-state index contributed by atoms with van der Waals surface area (Å²) >= 11 is 0. The summed E-state index contributed by atoms with van der Waals surface area (Å²) in [5, 5.41) is 9.13. The first-order chi connectivity index (χ1) is 12.2. The number of nitriles is 1. The standard InChI is InChI=1S/C21H30N4/c1-16(18-5-3-4-17(12-18)15-22)24-8-10-25(11-9-24)21-13-19-6-7-20(14-21)23(19)2/h3-5,12,16,19-21H,6-11,13-14H2,1-2H3/t16-,19-,20+,21?/m0/s1. The van der Waals surface area contributed by atoms with Gasteiger partial charge in [0.1, 0.15) is 0 Å². The van der Waals surface area contributed by atoms with E-state index in [2.05, 4.69) is 40.8 Å². The molecule has 0 radical (unpaired) electrons.